The third kappa shape index (κ3) is 4.01. The average molecular weight is 430 g/mol. The molecule has 3 aromatic rings. The number of benzene rings is 2. The first-order valence-corrected chi connectivity index (χ1v) is 11.3. The fourth-order valence-corrected chi connectivity index (χ4v) is 5.42. The second kappa shape index (κ2) is 8.41. The molecule has 9 nitrogen and oxygen atoms in total. The molecule has 0 atom stereocenters. The first-order chi connectivity index (χ1) is 14.5. The number of nitrogens with one attached hydrogen (secondary N) is 1. The predicted molar refractivity (Wildman–Crippen MR) is 114 cm³/mol. The number of aryl methyl sites for hydroxylation is 1. The summed E-state index contributed by atoms with van der Waals surface area (Å²) in [6.45, 7) is 2.12. The molecule has 2 aromatic carbocycles. The second-order valence-electron chi connectivity index (χ2n) is 7.26. The number of rotatable bonds is 8. The summed E-state index contributed by atoms with van der Waals surface area (Å²) in [7, 11) is -3.78. The van der Waals surface area contributed by atoms with Crippen LogP contribution in [-0.4, -0.2) is 46.8 Å². The molecule has 1 aliphatic rings. The van der Waals surface area contributed by atoms with Crippen molar-refractivity contribution in [3.8, 4) is 0 Å². The van der Waals surface area contributed by atoms with Gasteiger partial charge in [0, 0.05) is 38.3 Å². The van der Waals surface area contributed by atoms with Crippen LogP contribution in [0.4, 0.5) is 11.4 Å². The van der Waals surface area contributed by atoms with Gasteiger partial charge in [0.25, 0.3) is 5.69 Å². The third-order valence-electron chi connectivity index (χ3n) is 5.28. The van der Waals surface area contributed by atoms with Crippen LogP contribution in [0.2, 0.25) is 0 Å². The Bertz CT molecular complexity index is 1170. The number of imidazole rings is 1. The van der Waals surface area contributed by atoms with Gasteiger partial charge in [0.15, 0.2) is 0 Å². The maximum absolute atomic E-state index is 13.0. The lowest BCUT2D eigenvalue weighted by Crippen LogP contribution is -2.28. The Kier molecular flexibility index (Phi) is 5.69. The normalized spacial score (nSPS) is 14.9. The van der Waals surface area contributed by atoms with E-state index in [1.54, 1.807) is 6.33 Å². The zero-order valence-corrected chi connectivity index (χ0v) is 17.2. The van der Waals surface area contributed by atoms with Gasteiger partial charge in [0.1, 0.15) is 4.90 Å². The monoisotopic (exact) mass is 429 g/mol. The zero-order chi connectivity index (χ0) is 21.1. The van der Waals surface area contributed by atoms with Gasteiger partial charge in [-0.1, -0.05) is 12.1 Å². The van der Waals surface area contributed by atoms with Crippen molar-refractivity contribution < 1.29 is 13.3 Å². The average Bonchev–Trinajstić information content (AvgIpc) is 3.42. The van der Waals surface area contributed by atoms with E-state index in [2.05, 4.69) is 14.9 Å². The van der Waals surface area contributed by atoms with Gasteiger partial charge in [-0.05, 0) is 37.5 Å². The van der Waals surface area contributed by atoms with Gasteiger partial charge in [-0.2, -0.15) is 4.31 Å². The number of anilines is 1. The molecule has 30 heavy (non-hydrogen) atoms. The van der Waals surface area contributed by atoms with Gasteiger partial charge < -0.3 is 9.88 Å². The van der Waals surface area contributed by atoms with E-state index >= 15 is 0 Å². The summed E-state index contributed by atoms with van der Waals surface area (Å²) in [6.07, 6.45) is 4.13. The number of hydrogen-bond acceptors (Lipinski definition) is 6. The van der Waals surface area contributed by atoms with Gasteiger partial charge in [-0.15, -0.1) is 0 Å². The maximum Gasteiger partial charge on any atom is 0.270 e. The van der Waals surface area contributed by atoms with E-state index in [1.165, 1.54) is 16.4 Å². The van der Waals surface area contributed by atoms with Crippen molar-refractivity contribution in [1.29, 1.82) is 0 Å². The van der Waals surface area contributed by atoms with Crippen LogP contribution in [0, 0.1) is 10.1 Å². The lowest BCUT2D eigenvalue weighted by Gasteiger charge is -2.19. The van der Waals surface area contributed by atoms with E-state index in [4.69, 9.17) is 0 Å². The minimum atomic E-state index is -3.78. The number of nitrogens with zero attached hydrogens (tertiary/aromatic N) is 4. The van der Waals surface area contributed by atoms with E-state index in [0.29, 0.717) is 31.9 Å². The number of para-hydroxylation sites is 2. The topological polar surface area (TPSA) is 110 Å². The fraction of sp³-hybridized carbons (Fsp3) is 0.350. The molecule has 1 saturated heterocycles. The number of fused-ring (bicyclic) bond motifs is 1. The molecular weight excluding hydrogens is 406 g/mol. The highest BCUT2D eigenvalue weighted by atomic mass is 32.2. The summed E-state index contributed by atoms with van der Waals surface area (Å²) in [4.78, 5) is 14.9. The Balaban J connectivity index is 1.49. The van der Waals surface area contributed by atoms with Crippen molar-refractivity contribution in [3.05, 3.63) is 58.9 Å². The molecule has 1 N–H and O–H groups in total. The molecule has 10 heteroatoms. The molecule has 0 aliphatic carbocycles. The first-order valence-electron chi connectivity index (χ1n) is 9.89. The Morgan fingerprint density at radius 1 is 1.13 bits per heavy atom. The predicted octanol–water partition coefficient (Wildman–Crippen LogP) is 3.23. The van der Waals surface area contributed by atoms with E-state index in [1.807, 2.05) is 24.3 Å². The highest BCUT2D eigenvalue weighted by Crippen LogP contribution is 2.30. The number of non-ortho nitro benzene ring substituents is 1. The van der Waals surface area contributed by atoms with Crippen LogP contribution in [0.25, 0.3) is 11.0 Å². The van der Waals surface area contributed by atoms with Crippen LogP contribution >= 0.6 is 0 Å². The molecule has 0 amide bonds. The Hall–Kier alpha value is -2.98. The molecule has 1 fully saturated rings. The van der Waals surface area contributed by atoms with Gasteiger partial charge in [-0.3, -0.25) is 10.1 Å². The largest absolute Gasteiger partial charge is 0.384 e. The number of hydrogen-bond donors (Lipinski definition) is 1. The van der Waals surface area contributed by atoms with Crippen LogP contribution < -0.4 is 5.32 Å². The fourth-order valence-electron chi connectivity index (χ4n) is 3.71. The summed E-state index contributed by atoms with van der Waals surface area (Å²) in [5.41, 5.74) is 2.14. The molecular formula is C20H23N5O4S. The lowest BCUT2D eigenvalue weighted by molar-refractivity contribution is -0.385. The number of nitro benzene ring substituents is 1. The summed E-state index contributed by atoms with van der Waals surface area (Å²) in [5.74, 6) is 0. The molecule has 4 rings (SSSR count). The number of sulfonamides is 1. The molecule has 2 heterocycles. The van der Waals surface area contributed by atoms with Crippen LogP contribution in [0.5, 0.6) is 0 Å². The van der Waals surface area contributed by atoms with E-state index < -0.39 is 14.9 Å². The number of nitro groups is 1. The van der Waals surface area contributed by atoms with Crippen molar-refractivity contribution in [2.75, 3.05) is 25.0 Å². The summed E-state index contributed by atoms with van der Waals surface area (Å²) in [5, 5.41) is 14.3. The van der Waals surface area contributed by atoms with Crippen molar-refractivity contribution in [2.24, 2.45) is 0 Å². The van der Waals surface area contributed by atoms with Gasteiger partial charge in [0.05, 0.1) is 28.0 Å². The molecule has 1 aromatic heterocycles. The minimum absolute atomic E-state index is 0.0355. The van der Waals surface area contributed by atoms with Crippen molar-refractivity contribution >= 4 is 32.4 Å². The molecule has 0 unspecified atom stereocenters. The van der Waals surface area contributed by atoms with Crippen LogP contribution in [-0.2, 0) is 16.6 Å². The Labute approximate surface area is 174 Å². The molecule has 0 saturated carbocycles. The molecule has 0 bridgehead atoms. The number of aromatic nitrogens is 2. The van der Waals surface area contributed by atoms with Crippen LogP contribution in [0.1, 0.15) is 19.3 Å². The first kappa shape index (κ1) is 20.3. The third-order valence-corrected chi connectivity index (χ3v) is 7.22. The van der Waals surface area contributed by atoms with E-state index in [0.717, 1.165) is 36.4 Å². The quantitative estimate of drug-likeness (QED) is 0.334. The van der Waals surface area contributed by atoms with Gasteiger partial charge in [-0.25, -0.2) is 13.4 Å². The van der Waals surface area contributed by atoms with Crippen LogP contribution in [0.3, 0.4) is 0 Å². The maximum atomic E-state index is 13.0. The van der Waals surface area contributed by atoms with E-state index in [9.17, 15) is 18.5 Å². The smallest absolute Gasteiger partial charge is 0.270 e. The molecule has 1 aliphatic heterocycles. The minimum Gasteiger partial charge on any atom is -0.384 e. The standard InChI is InChI=1S/C20H23N5O4S/c26-25(27)16-8-9-18(20(14-16)30(28,29)24-12-3-4-13-24)21-10-5-11-23-15-22-17-6-1-2-7-19(17)23/h1-2,6-9,14-15,21H,3-5,10-13H2. The summed E-state index contributed by atoms with van der Waals surface area (Å²) >= 11 is 0. The van der Waals surface area contributed by atoms with E-state index in [-0.39, 0.29) is 10.6 Å². The van der Waals surface area contributed by atoms with Crippen molar-refractivity contribution in [2.45, 2.75) is 30.7 Å². The Morgan fingerprint density at radius 3 is 2.67 bits per heavy atom. The zero-order valence-electron chi connectivity index (χ0n) is 16.4. The molecule has 0 radical (unpaired) electrons. The summed E-state index contributed by atoms with van der Waals surface area (Å²) < 4.78 is 29.5. The van der Waals surface area contributed by atoms with Crippen molar-refractivity contribution in [1.82, 2.24) is 13.9 Å². The SMILES string of the molecule is O=[N+]([O-])c1ccc(NCCCn2cnc3ccccc32)c(S(=O)(=O)N2CCCC2)c1. The second-order valence-corrected chi connectivity index (χ2v) is 9.16. The highest BCUT2D eigenvalue weighted by molar-refractivity contribution is 7.89. The van der Waals surface area contributed by atoms with Crippen molar-refractivity contribution in [3.63, 3.8) is 0 Å². The highest BCUT2D eigenvalue weighted by Gasteiger charge is 2.30. The molecule has 158 valence electrons. The summed E-state index contributed by atoms with van der Waals surface area (Å²) in [6, 6.07) is 11.8. The van der Waals surface area contributed by atoms with Gasteiger partial charge in [0.2, 0.25) is 10.0 Å². The lowest BCUT2D eigenvalue weighted by atomic mass is 10.2. The van der Waals surface area contributed by atoms with Gasteiger partial charge >= 0.3 is 0 Å². The molecule has 0 spiro atoms. The van der Waals surface area contributed by atoms with Crippen LogP contribution in [0.15, 0.2) is 53.7 Å². The Morgan fingerprint density at radius 2 is 1.90 bits per heavy atom.